The van der Waals surface area contributed by atoms with Crippen LogP contribution in [0.4, 0.5) is 10.1 Å². The van der Waals surface area contributed by atoms with Gasteiger partial charge in [-0.2, -0.15) is 0 Å². The van der Waals surface area contributed by atoms with Crippen LogP contribution in [0.2, 0.25) is 0 Å². The largest absolute Gasteiger partial charge is 0.478 e. The van der Waals surface area contributed by atoms with Crippen molar-refractivity contribution in [2.45, 2.75) is 12.8 Å². The fourth-order valence-corrected chi connectivity index (χ4v) is 4.49. The standard InChI is InChI=1S/C19H16FNO5S/c1-27(24,25)21-8-2-3-12-9-14-16(10-15(12)21)26-18(17(14)19(22)23)11-4-6-13(20)7-5-11/h4-7,9-10H,2-3,8H2,1H3,(H,22,23). The van der Waals surface area contributed by atoms with E-state index in [2.05, 4.69) is 0 Å². The molecule has 140 valence electrons. The maximum absolute atomic E-state index is 13.2. The van der Waals surface area contributed by atoms with Crippen molar-refractivity contribution in [3.63, 3.8) is 0 Å². The molecule has 1 aliphatic heterocycles. The molecule has 1 aromatic heterocycles. The quantitative estimate of drug-likeness (QED) is 0.739. The second-order valence-corrected chi connectivity index (χ2v) is 8.44. The predicted octanol–water partition coefficient (Wildman–Crippen LogP) is 3.65. The number of hydrogen-bond donors (Lipinski definition) is 1. The van der Waals surface area contributed by atoms with Crippen molar-refractivity contribution in [3.8, 4) is 11.3 Å². The summed E-state index contributed by atoms with van der Waals surface area (Å²) in [6.45, 7) is 0.370. The maximum Gasteiger partial charge on any atom is 0.340 e. The van der Waals surface area contributed by atoms with Crippen LogP contribution in [0, 0.1) is 5.82 Å². The van der Waals surface area contributed by atoms with Gasteiger partial charge in [0.05, 0.1) is 11.9 Å². The number of furan rings is 1. The minimum atomic E-state index is -3.45. The molecule has 8 heteroatoms. The summed E-state index contributed by atoms with van der Waals surface area (Å²) in [7, 11) is -3.45. The number of benzene rings is 2. The summed E-state index contributed by atoms with van der Waals surface area (Å²) in [5.74, 6) is -1.49. The highest BCUT2D eigenvalue weighted by molar-refractivity contribution is 7.92. The molecular weight excluding hydrogens is 373 g/mol. The molecule has 0 aliphatic carbocycles. The maximum atomic E-state index is 13.2. The third kappa shape index (κ3) is 2.95. The van der Waals surface area contributed by atoms with E-state index in [0.29, 0.717) is 36.0 Å². The summed E-state index contributed by atoms with van der Waals surface area (Å²) < 4.78 is 44.5. The van der Waals surface area contributed by atoms with Gasteiger partial charge in [0.2, 0.25) is 10.0 Å². The topological polar surface area (TPSA) is 87.8 Å². The summed E-state index contributed by atoms with van der Waals surface area (Å²) in [5, 5.41) is 10.1. The number of nitrogens with zero attached hydrogens (tertiary/aromatic N) is 1. The summed E-state index contributed by atoms with van der Waals surface area (Å²) in [6.07, 6.45) is 2.44. The lowest BCUT2D eigenvalue weighted by atomic mass is 9.99. The zero-order chi connectivity index (χ0) is 19.3. The van der Waals surface area contributed by atoms with Gasteiger partial charge in [-0.05, 0) is 48.7 Å². The molecule has 2 heterocycles. The van der Waals surface area contributed by atoms with Gasteiger partial charge in [0.25, 0.3) is 0 Å². The van der Waals surface area contributed by atoms with Gasteiger partial charge in [-0.25, -0.2) is 17.6 Å². The SMILES string of the molecule is CS(=O)(=O)N1CCCc2cc3c(C(=O)O)c(-c4ccc(F)cc4)oc3cc21. The van der Waals surface area contributed by atoms with Crippen LogP contribution in [0.5, 0.6) is 0 Å². The van der Waals surface area contributed by atoms with Crippen LogP contribution >= 0.6 is 0 Å². The third-order valence-corrected chi connectivity index (χ3v) is 5.87. The molecule has 1 N–H and O–H groups in total. The average Bonchev–Trinajstić information content (AvgIpc) is 2.97. The Bertz CT molecular complexity index is 1170. The number of sulfonamides is 1. The Morgan fingerprint density at radius 2 is 1.93 bits per heavy atom. The van der Waals surface area contributed by atoms with Gasteiger partial charge in [-0.3, -0.25) is 4.31 Å². The van der Waals surface area contributed by atoms with E-state index >= 15 is 0 Å². The molecule has 3 aromatic rings. The first kappa shape index (κ1) is 17.5. The second-order valence-electron chi connectivity index (χ2n) is 6.53. The molecule has 0 amide bonds. The minimum absolute atomic E-state index is 0.0177. The van der Waals surface area contributed by atoms with E-state index < -0.39 is 21.8 Å². The van der Waals surface area contributed by atoms with Gasteiger partial charge in [0, 0.05) is 23.6 Å². The number of aromatic carboxylic acids is 1. The minimum Gasteiger partial charge on any atom is -0.478 e. The van der Waals surface area contributed by atoms with Crippen molar-refractivity contribution in [2.75, 3.05) is 17.1 Å². The molecule has 27 heavy (non-hydrogen) atoms. The highest BCUT2D eigenvalue weighted by atomic mass is 32.2. The fourth-order valence-electron chi connectivity index (χ4n) is 3.50. The summed E-state index contributed by atoms with van der Waals surface area (Å²) >= 11 is 0. The fraction of sp³-hybridized carbons (Fsp3) is 0.211. The van der Waals surface area contributed by atoms with Crippen molar-refractivity contribution in [1.29, 1.82) is 0 Å². The Labute approximate surface area is 154 Å². The van der Waals surface area contributed by atoms with Crippen LogP contribution < -0.4 is 4.31 Å². The first-order valence-corrected chi connectivity index (χ1v) is 10.2. The van der Waals surface area contributed by atoms with E-state index in [1.165, 1.54) is 28.6 Å². The monoisotopic (exact) mass is 389 g/mol. The van der Waals surface area contributed by atoms with Gasteiger partial charge in [-0.1, -0.05) is 0 Å². The Hall–Kier alpha value is -2.87. The highest BCUT2D eigenvalue weighted by Crippen LogP contribution is 2.39. The summed E-state index contributed by atoms with van der Waals surface area (Å²) in [6, 6.07) is 8.60. The van der Waals surface area contributed by atoms with Crippen molar-refractivity contribution in [3.05, 3.63) is 53.3 Å². The van der Waals surface area contributed by atoms with Crippen molar-refractivity contribution in [2.24, 2.45) is 0 Å². The second kappa shape index (κ2) is 6.09. The summed E-state index contributed by atoms with van der Waals surface area (Å²) in [4.78, 5) is 11.9. The third-order valence-electron chi connectivity index (χ3n) is 4.69. The molecule has 0 atom stereocenters. The smallest absolute Gasteiger partial charge is 0.340 e. The Balaban J connectivity index is 1.98. The highest BCUT2D eigenvalue weighted by Gasteiger charge is 2.28. The lowest BCUT2D eigenvalue weighted by Crippen LogP contribution is -2.34. The molecule has 1 aliphatic rings. The molecule has 4 rings (SSSR count). The zero-order valence-corrected chi connectivity index (χ0v) is 15.2. The van der Waals surface area contributed by atoms with E-state index in [1.807, 2.05) is 0 Å². The average molecular weight is 389 g/mol. The Morgan fingerprint density at radius 3 is 2.56 bits per heavy atom. The molecular formula is C19H16FNO5S. The van der Waals surface area contributed by atoms with Crippen LogP contribution in [0.25, 0.3) is 22.3 Å². The van der Waals surface area contributed by atoms with Crippen LogP contribution in [-0.4, -0.2) is 32.3 Å². The van der Waals surface area contributed by atoms with Crippen molar-refractivity contribution >= 4 is 32.6 Å². The lowest BCUT2D eigenvalue weighted by Gasteiger charge is -2.29. The number of aryl methyl sites for hydroxylation is 1. The number of carboxylic acid groups (broad SMARTS) is 1. The number of hydrogen-bond acceptors (Lipinski definition) is 4. The van der Waals surface area contributed by atoms with Crippen LogP contribution in [0.15, 0.2) is 40.8 Å². The first-order chi connectivity index (χ1) is 12.8. The van der Waals surface area contributed by atoms with Gasteiger partial charge in [0.1, 0.15) is 22.7 Å². The molecule has 6 nitrogen and oxygen atoms in total. The first-order valence-electron chi connectivity index (χ1n) is 8.32. The number of carbonyl (C=O) groups is 1. The Morgan fingerprint density at radius 1 is 1.22 bits per heavy atom. The molecule has 0 unspecified atom stereocenters. The number of halogens is 1. The van der Waals surface area contributed by atoms with E-state index in [1.54, 1.807) is 12.1 Å². The molecule has 0 saturated carbocycles. The van der Waals surface area contributed by atoms with Crippen LogP contribution in [0.1, 0.15) is 22.3 Å². The van der Waals surface area contributed by atoms with E-state index in [0.717, 1.165) is 11.8 Å². The van der Waals surface area contributed by atoms with Gasteiger partial charge in [-0.15, -0.1) is 0 Å². The molecule has 2 aromatic carbocycles. The molecule has 0 saturated heterocycles. The van der Waals surface area contributed by atoms with Crippen molar-refractivity contribution in [1.82, 2.24) is 0 Å². The van der Waals surface area contributed by atoms with E-state index in [9.17, 15) is 22.7 Å². The van der Waals surface area contributed by atoms with E-state index in [-0.39, 0.29) is 16.9 Å². The zero-order valence-electron chi connectivity index (χ0n) is 14.4. The molecule has 0 fully saturated rings. The molecule has 0 spiro atoms. The lowest BCUT2D eigenvalue weighted by molar-refractivity contribution is 0.0699. The van der Waals surface area contributed by atoms with Crippen molar-refractivity contribution < 1.29 is 27.1 Å². The number of anilines is 1. The van der Waals surface area contributed by atoms with E-state index in [4.69, 9.17) is 4.42 Å². The Kier molecular flexibility index (Phi) is 3.96. The van der Waals surface area contributed by atoms with Gasteiger partial charge in [0.15, 0.2) is 0 Å². The number of fused-ring (bicyclic) bond motifs is 2. The van der Waals surface area contributed by atoms with Crippen LogP contribution in [-0.2, 0) is 16.4 Å². The summed E-state index contributed by atoms with van der Waals surface area (Å²) in [5.41, 5.74) is 1.96. The van der Waals surface area contributed by atoms with Gasteiger partial charge < -0.3 is 9.52 Å². The molecule has 0 radical (unpaired) electrons. The predicted molar refractivity (Wildman–Crippen MR) is 99.1 cm³/mol. The molecule has 0 bridgehead atoms. The van der Waals surface area contributed by atoms with Gasteiger partial charge >= 0.3 is 5.97 Å². The number of carboxylic acids is 1. The van der Waals surface area contributed by atoms with Crippen LogP contribution in [0.3, 0.4) is 0 Å². The normalized spacial score (nSPS) is 14.4. The number of rotatable bonds is 3.